The van der Waals surface area contributed by atoms with E-state index in [1.54, 1.807) is 0 Å². The number of allylic oxidation sites excluding steroid dienone is 1. The summed E-state index contributed by atoms with van der Waals surface area (Å²) >= 11 is 0. The first-order valence-electron chi connectivity index (χ1n) is 6.53. The van der Waals surface area contributed by atoms with Crippen LogP contribution >= 0.6 is 0 Å². The summed E-state index contributed by atoms with van der Waals surface area (Å²) in [5, 5.41) is 0. The summed E-state index contributed by atoms with van der Waals surface area (Å²) in [4.78, 5) is 5.03. The van der Waals surface area contributed by atoms with Crippen LogP contribution in [0.25, 0.3) is 0 Å². The number of para-hydroxylation sites is 1. The fourth-order valence-electron chi connectivity index (χ4n) is 2.33. The van der Waals surface area contributed by atoms with Gasteiger partial charge in [0.15, 0.2) is 0 Å². The van der Waals surface area contributed by atoms with Crippen LogP contribution in [0.5, 0.6) is 0 Å². The number of piperazine rings is 1. The minimum atomic E-state index is 1.14. The number of benzene rings is 1. The molecule has 1 heterocycles. The molecule has 0 aromatic heterocycles. The number of unbranched alkanes of at least 4 members (excludes halogenated alkanes) is 1. The van der Waals surface area contributed by atoms with E-state index in [0.717, 1.165) is 19.5 Å². The number of anilines is 1. The van der Waals surface area contributed by atoms with Crippen LogP contribution in [0.3, 0.4) is 0 Å². The van der Waals surface area contributed by atoms with Gasteiger partial charge in [-0.3, -0.25) is 4.90 Å². The standard InChI is InChI=1S/C15H22N2/c1-2-3-7-10-16-11-13-17(14-12-16)15-8-5-4-6-9-15/h2,4-6,8-9H,1,3,7,10-14H2. The van der Waals surface area contributed by atoms with Gasteiger partial charge < -0.3 is 4.90 Å². The second kappa shape index (κ2) is 6.45. The highest BCUT2D eigenvalue weighted by molar-refractivity contribution is 5.46. The van der Waals surface area contributed by atoms with Gasteiger partial charge in [-0.2, -0.15) is 0 Å². The Balaban J connectivity index is 1.76. The highest BCUT2D eigenvalue weighted by Crippen LogP contribution is 2.15. The molecular formula is C15H22N2. The summed E-state index contributed by atoms with van der Waals surface area (Å²) in [6, 6.07) is 10.7. The van der Waals surface area contributed by atoms with Crippen LogP contribution in [0.1, 0.15) is 12.8 Å². The molecule has 2 nitrogen and oxygen atoms in total. The molecule has 2 heteroatoms. The molecule has 1 aliphatic heterocycles. The topological polar surface area (TPSA) is 6.48 Å². The highest BCUT2D eigenvalue weighted by atomic mass is 15.3. The van der Waals surface area contributed by atoms with Crippen molar-refractivity contribution in [1.29, 1.82) is 0 Å². The summed E-state index contributed by atoms with van der Waals surface area (Å²) in [6.45, 7) is 9.66. The smallest absolute Gasteiger partial charge is 0.0367 e. The van der Waals surface area contributed by atoms with Gasteiger partial charge >= 0.3 is 0 Å². The SMILES string of the molecule is C=CCCCN1CCN(c2ccccc2)CC1. The Morgan fingerprint density at radius 1 is 1.06 bits per heavy atom. The van der Waals surface area contributed by atoms with E-state index in [0.29, 0.717) is 0 Å². The molecule has 1 fully saturated rings. The Hall–Kier alpha value is -1.28. The van der Waals surface area contributed by atoms with Crippen molar-refractivity contribution in [1.82, 2.24) is 4.90 Å². The first-order chi connectivity index (χ1) is 8.40. The molecule has 2 rings (SSSR count). The molecule has 0 aliphatic carbocycles. The first kappa shape index (κ1) is 12.2. The second-order valence-corrected chi connectivity index (χ2v) is 4.60. The van der Waals surface area contributed by atoms with E-state index in [9.17, 15) is 0 Å². The largest absolute Gasteiger partial charge is 0.369 e. The summed E-state index contributed by atoms with van der Waals surface area (Å²) in [5.74, 6) is 0. The normalized spacial score (nSPS) is 17.1. The minimum Gasteiger partial charge on any atom is -0.369 e. The molecule has 0 spiro atoms. The predicted octanol–water partition coefficient (Wildman–Crippen LogP) is 2.77. The third-order valence-electron chi connectivity index (χ3n) is 3.38. The van der Waals surface area contributed by atoms with E-state index >= 15 is 0 Å². The van der Waals surface area contributed by atoms with Crippen LogP contribution < -0.4 is 4.90 Å². The zero-order chi connectivity index (χ0) is 11.9. The lowest BCUT2D eigenvalue weighted by atomic mass is 10.2. The molecule has 17 heavy (non-hydrogen) atoms. The van der Waals surface area contributed by atoms with Crippen molar-refractivity contribution in [3.63, 3.8) is 0 Å². The number of rotatable bonds is 5. The Morgan fingerprint density at radius 2 is 1.76 bits per heavy atom. The number of hydrogen-bond acceptors (Lipinski definition) is 2. The van der Waals surface area contributed by atoms with Gasteiger partial charge in [-0.05, 0) is 31.5 Å². The van der Waals surface area contributed by atoms with Crippen LogP contribution in [-0.4, -0.2) is 37.6 Å². The number of nitrogens with zero attached hydrogens (tertiary/aromatic N) is 2. The van der Waals surface area contributed by atoms with Crippen LogP contribution in [0.2, 0.25) is 0 Å². The fraction of sp³-hybridized carbons (Fsp3) is 0.467. The lowest BCUT2D eigenvalue weighted by molar-refractivity contribution is 0.255. The third kappa shape index (κ3) is 3.60. The molecule has 0 unspecified atom stereocenters. The Morgan fingerprint density at radius 3 is 2.41 bits per heavy atom. The predicted molar refractivity (Wildman–Crippen MR) is 74.5 cm³/mol. The van der Waals surface area contributed by atoms with Gasteiger partial charge in [0.25, 0.3) is 0 Å². The molecule has 0 amide bonds. The minimum absolute atomic E-state index is 1.14. The van der Waals surface area contributed by atoms with Crippen LogP contribution in [0.4, 0.5) is 5.69 Å². The van der Waals surface area contributed by atoms with E-state index < -0.39 is 0 Å². The Labute approximate surface area is 105 Å². The maximum absolute atomic E-state index is 3.77. The quantitative estimate of drug-likeness (QED) is 0.567. The van der Waals surface area contributed by atoms with E-state index in [4.69, 9.17) is 0 Å². The van der Waals surface area contributed by atoms with Crippen molar-refractivity contribution in [2.24, 2.45) is 0 Å². The second-order valence-electron chi connectivity index (χ2n) is 4.60. The average Bonchev–Trinajstić information content (AvgIpc) is 2.41. The lowest BCUT2D eigenvalue weighted by Crippen LogP contribution is -2.46. The maximum atomic E-state index is 3.77. The highest BCUT2D eigenvalue weighted by Gasteiger charge is 2.15. The van der Waals surface area contributed by atoms with Gasteiger partial charge in [-0.15, -0.1) is 6.58 Å². The van der Waals surface area contributed by atoms with Gasteiger partial charge in [0, 0.05) is 31.9 Å². The van der Waals surface area contributed by atoms with E-state index in [1.807, 2.05) is 6.08 Å². The molecule has 1 aromatic rings. The summed E-state index contributed by atoms with van der Waals surface area (Å²) in [5.41, 5.74) is 1.36. The van der Waals surface area contributed by atoms with Crippen LogP contribution in [-0.2, 0) is 0 Å². The monoisotopic (exact) mass is 230 g/mol. The molecule has 0 radical (unpaired) electrons. The Kier molecular flexibility index (Phi) is 4.63. The first-order valence-corrected chi connectivity index (χ1v) is 6.53. The van der Waals surface area contributed by atoms with Gasteiger partial charge in [-0.25, -0.2) is 0 Å². The van der Waals surface area contributed by atoms with Crippen LogP contribution in [0, 0.1) is 0 Å². The molecule has 1 saturated heterocycles. The fourth-order valence-corrected chi connectivity index (χ4v) is 2.33. The molecule has 0 atom stereocenters. The van der Waals surface area contributed by atoms with Crippen molar-refractivity contribution in [2.75, 3.05) is 37.6 Å². The maximum Gasteiger partial charge on any atom is 0.0367 e. The van der Waals surface area contributed by atoms with Gasteiger partial charge in [-0.1, -0.05) is 24.3 Å². The van der Waals surface area contributed by atoms with Crippen molar-refractivity contribution in [2.45, 2.75) is 12.8 Å². The third-order valence-corrected chi connectivity index (χ3v) is 3.38. The van der Waals surface area contributed by atoms with Crippen molar-refractivity contribution in [3.8, 4) is 0 Å². The molecule has 92 valence electrons. The van der Waals surface area contributed by atoms with Crippen LogP contribution in [0.15, 0.2) is 43.0 Å². The summed E-state index contributed by atoms with van der Waals surface area (Å²) in [6.07, 6.45) is 4.40. The van der Waals surface area contributed by atoms with Gasteiger partial charge in [0.05, 0.1) is 0 Å². The van der Waals surface area contributed by atoms with E-state index in [1.165, 1.54) is 31.7 Å². The molecule has 1 aliphatic rings. The zero-order valence-corrected chi connectivity index (χ0v) is 10.5. The zero-order valence-electron chi connectivity index (χ0n) is 10.5. The Bertz CT molecular complexity index is 326. The molecular weight excluding hydrogens is 208 g/mol. The molecule has 0 bridgehead atoms. The molecule has 0 saturated carbocycles. The number of hydrogen-bond donors (Lipinski definition) is 0. The lowest BCUT2D eigenvalue weighted by Gasteiger charge is -2.36. The van der Waals surface area contributed by atoms with E-state index in [2.05, 4.69) is 46.7 Å². The van der Waals surface area contributed by atoms with Gasteiger partial charge in [0.2, 0.25) is 0 Å². The summed E-state index contributed by atoms with van der Waals surface area (Å²) < 4.78 is 0. The average molecular weight is 230 g/mol. The summed E-state index contributed by atoms with van der Waals surface area (Å²) in [7, 11) is 0. The van der Waals surface area contributed by atoms with Gasteiger partial charge in [0.1, 0.15) is 0 Å². The van der Waals surface area contributed by atoms with Crippen molar-refractivity contribution in [3.05, 3.63) is 43.0 Å². The van der Waals surface area contributed by atoms with Crippen molar-refractivity contribution < 1.29 is 0 Å². The molecule has 1 aromatic carbocycles. The van der Waals surface area contributed by atoms with E-state index in [-0.39, 0.29) is 0 Å². The van der Waals surface area contributed by atoms with Crippen molar-refractivity contribution >= 4 is 5.69 Å². The molecule has 0 N–H and O–H groups in total.